The number of rotatable bonds is 6. The highest BCUT2D eigenvalue weighted by Gasteiger charge is 2.18. The van der Waals surface area contributed by atoms with Gasteiger partial charge in [-0.15, -0.1) is 0 Å². The smallest absolute Gasteiger partial charge is 0.251 e. The standard InChI is InChI=1S/C17H21N3O3S/c1-12(2)20-17(21)16-9-15(7-6-13(16)3)24(22,23)19-11-14-5-4-8-18-10-14/h4-10,12,19H,11H2,1-3H3,(H,20,21). The van der Waals surface area contributed by atoms with Crippen LogP contribution in [0, 0.1) is 6.92 Å². The summed E-state index contributed by atoms with van der Waals surface area (Å²) >= 11 is 0. The molecule has 0 fully saturated rings. The maximum atomic E-state index is 12.5. The number of hydrogen-bond donors (Lipinski definition) is 2. The molecule has 2 aromatic rings. The molecule has 0 aliphatic heterocycles. The zero-order valence-electron chi connectivity index (χ0n) is 13.9. The average Bonchev–Trinajstić information content (AvgIpc) is 2.53. The van der Waals surface area contributed by atoms with E-state index in [1.54, 1.807) is 37.5 Å². The van der Waals surface area contributed by atoms with E-state index in [0.29, 0.717) is 5.56 Å². The lowest BCUT2D eigenvalue weighted by atomic mass is 10.1. The molecular weight excluding hydrogens is 326 g/mol. The number of benzene rings is 1. The molecule has 0 aliphatic carbocycles. The summed E-state index contributed by atoms with van der Waals surface area (Å²) in [5.41, 5.74) is 1.83. The van der Waals surface area contributed by atoms with Gasteiger partial charge in [-0.1, -0.05) is 12.1 Å². The Labute approximate surface area is 142 Å². The van der Waals surface area contributed by atoms with Crippen molar-refractivity contribution in [3.05, 3.63) is 59.4 Å². The molecule has 0 spiro atoms. The van der Waals surface area contributed by atoms with E-state index < -0.39 is 10.0 Å². The van der Waals surface area contributed by atoms with Gasteiger partial charge in [0.1, 0.15) is 0 Å². The van der Waals surface area contributed by atoms with Crippen molar-refractivity contribution in [1.29, 1.82) is 0 Å². The Hall–Kier alpha value is -2.25. The van der Waals surface area contributed by atoms with Crippen molar-refractivity contribution in [2.24, 2.45) is 0 Å². The van der Waals surface area contributed by atoms with Gasteiger partial charge in [0.25, 0.3) is 5.91 Å². The van der Waals surface area contributed by atoms with Crippen molar-refractivity contribution in [2.45, 2.75) is 38.3 Å². The van der Waals surface area contributed by atoms with Crippen LogP contribution < -0.4 is 10.0 Å². The summed E-state index contributed by atoms with van der Waals surface area (Å²) in [4.78, 5) is 16.2. The molecular formula is C17H21N3O3S. The molecule has 0 unspecified atom stereocenters. The van der Waals surface area contributed by atoms with Crippen LogP contribution in [0.1, 0.15) is 35.3 Å². The van der Waals surface area contributed by atoms with E-state index >= 15 is 0 Å². The lowest BCUT2D eigenvalue weighted by Crippen LogP contribution is -2.31. The Balaban J connectivity index is 2.22. The summed E-state index contributed by atoms with van der Waals surface area (Å²) in [6, 6.07) is 8.02. The monoisotopic (exact) mass is 347 g/mol. The van der Waals surface area contributed by atoms with Gasteiger partial charge in [0, 0.05) is 30.5 Å². The average molecular weight is 347 g/mol. The van der Waals surface area contributed by atoms with Crippen molar-refractivity contribution in [3.63, 3.8) is 0 Å². The number of nitrogens with zero attached hydrogens (tertiary/aromatic N) is 1. The molecule has 2 N–H and O–H groups in total. The quantitative estimate of drug-likeness (QED) is 0.837. The Morgan fingerprint density at radius 3 is 2.62 bits per heavy atom. The van der Waals surface area contributed by atoms with E-state index in [9.17, 15) is 13.2 Å². The number of carbonyl (C=O) groups is 1. The van der Waals surface area contributed by atoms with Crippen LogP contribution >= 0.6 is 0 Å². The van der Waals surface area contributed by atoms with E-state index in [1.807, 2.05) is 13.8 Å². The van der Waals surface area contributed by atoms with Gasteiger partial charge in [-0.2, -0.15) is 0 Å². The van der Waals surface area contributed by atoms with Crippen LogP contribution in [0.3, 0.4) is 0 Å². The molecule has 1 aromatic heterocycles. The van der Waals surface area contributed by atoms with Crippen molar-refractivity contribution < 1.29 is 13.2 Å². The highest BCUT2D eigenvalue weighted by molar-refractivity contribution is 7.89. The fraction of sp³-hybridized carbons (Fsp3) is 0.294. The van der Waals surface area contributed by atoms with E-state index in [1.165, 1.54) is 12.1 Å². The molecule has 0 bridgehead atoms. The number of sulfonamides is 1. The highest BCUT2D eigenvalue weighted by Crippen LogP contribution is 2.16. The summed E-state index contributed by atoms with van der Waals surface area (Å²) in [5.74, 6) is -0.285. The second-order valence-electron chi connectivity index (χ2n) is 5.79. The van der Waals surface area contributed by atoms with Gasteiger partial charge < -0.3 is 5.32 Å². The van der Waals surface area contributed by atoms with Crippen LogP contribution in [0.25, 0.3) is 0 Å². The number of amides is 1. The Morgan fingerprint density at radius 2 is 2.00 bits per heavy atom. The normalized spacial score (nSPS) is 11.5. The van der Waals surface area contributed by atoms with Crippen LogP contribution in [0.15, 0.2) is 47.6 Å². The summed E-state index contributed by atoms with van der Waals surface area (Å²) in [5, 5.41) is 2.77. The second kappa shape index (κ2) is 7.55. The Morgan fingerprint density at radius 1 is 1.25 bits per heavy atom. The molecule has 1 aromatic carbocycles. The fourth-order valence-corrected chi connectivity index (χ4v) is 3.16. The van der Waals surface area contributed by atoms with Gasteiger partial charge >= 0.3 is 0 Å². The molecule has 0 atom stereocenters. The summed E-state index contributed by atoms with van der Waals surface area (Å²) < 4.78 is 27.4. The van der Waals surface area contributed by atoms with E-state index in [-0.39, 0.29) is 23.4 Å². The lowest BCUT2D eigenvalue weighted by molar-refractivity contribution is 0.0942. The largest absolute Gasteiger partial charge is 0.350 e. The molecule has 24 heavy (non-hydrogen) atoms. The number of aryl methyl sites for hydroxylation is 1. The van der Waals surface area contributed by atoms with Crippen LogP contribution in [0.5, 0.6) is 0 Å². The predicted molar refractivity (Wildman–Crippen MR) is 92.0 cm³/mol. The molecule has 0 saturated heterocycles. The van der Waals surface area contributed by atoms with Gasteiger partial charge in [-0.05, 0) is 50.1 Å². The van der Waals surface area contributed by atoms with Crippen molar-refractivity contribution in [2.75, 3.05) is 0 Å². The third-order valence-corrected chi connectivity index (χ3v) is 4.77. The number of nitrogens with one attached hydrogen (secondary N) is 2. The summed E-state index contributed by atoms with van der Waals surface area (Å²) in [6.45, 7) is 5.61. The van der Waals surface area contributed by atoms with Gasteiger partial charge in [0.15, 0.2) is 0 Å². The zero-order chi connectivity index (χ0) is 17.7. The third-order valence-electron chi connectivity index (χ3n) is 3.37. The molecule has 1 amide bonds. The van der Waals surface area contributed by atoms with Crippen molar-refractivity contribution in [3.8, 4) is 0 Å². The van der Waals surface area contributed by atoms with Crippen LogP contribution in [0.4, 0.5) is 0 Å². The minimum Gasteiger partial charge on any atom is -0.350 e. The first-order chi connectivity index (χ1) is 11.3. The fourth-order valence-electron chi connectivity index (χ4n) is 2.12. The highest BCUT2D eigenvalue weighted by atomic mass is 32.2. The topological polar surface area (TPSA) is 88.2 Å². The first-order valence-corrected chi connectivity index (χ1v) is 9.08. The van der Waals surface area contributed by atoms with Gasteiger partial charge in [0.05, 0.1) is 4.90 Å². The Kier molecular flexibility index (Phi) is 5.69. The predicted octanol–water partition coefficient (Wildman–Crippen LogP) is 2.01. The molecule has 2 rings (SSSR count). The van der Waals surface area contributed by atoms with Crippen molar-refractivity contribution >= 4 is 15.9 Å². The minimum atomic E-state index is -3.72. The van der Waals surface area contributed by atoms with Gasteiger partial charge in [-0.3, -0.25) is 9.78 Å². The summed E-state index contributed by atoms with van der Waals surface area (Å²) in [7, 11) is -3.72. The maximum absolute atomic E-state index is 12.5. The first kappa shape index (κ1) is 18.1. The first-order valence-electron chi connectivity index (χ1n) is 7.59. The van der Waals surface area contributed by atoms with Crippen LogP contribution in [-0.4, -0.2) is 25.4 Å². The lowest BCUT2D eigenvalue weighted by Gasteiger charge is -2.12. The van der Waals surface area contributed by atoms with Gasteiger partial charge in [0.2, 0.25) is 10.0 Å². The number of carbonyl (C=O) groups excluding carboxylic acids is 1. The van der Waals surface area contributed by atoms with Crippen molar-refractivity contribution in [1.82, 2.24) is 15.0 Å². The second-order valence-corrected chi connectivity index (χ2v) is 7.56. The number of hydrogen-bond acceptors (Lipinski definition) is 4. The van der Waals surface area contributed by atoms with Crippen LogP contribution in [0.2, 0.25) is 0 Å². The van der Waals surface area contributed by atoms with E-state index in [2.05, 4.69) is 15.0 Å². The SMILES string of the molecule is Cc1ccc(S(=O)(=O)NCc2cccnc2)cc1C(=O)NC(C)C. The van der Waals surface area contributed by atoms with E-state index in [4.69, 9.17) is 0 Å². The molecule has 0 aliphatic rings. The number of pyridine rings is 1. The molecule has 0 radical (unpaired) electrons. The third kappa shape index (κ3) is 4.62. The molecule has 6 nitrogen and oxygen atoms in total. The van der Waals surface area contributed by atoms with Gasteiger partial charge in [-0.25, -0.2) is 13.1 Å². The molecule has 1 heterocycles. The van der Waals surface area contributed by atoms with Crippen LogP contribution in [-0.2, 0) is 16.6 Å². The summed E-state index contributed by atoms with van der Waals surface area (Å²) in [6.07, 6.45) is 3.22. The minimum absolute atomic E-state index is 0.0270. The zero-order valence-corrected chi connectivity index (χ0v) is 14.7. The van der Waals surface area contributed by atoms with E-state index in [0.717, 1.165) is 11.1 Å². The number of aromatic nitrogens is 1. The molecule has 7 heteroatoms. The molecule has 0 saturated carbocycles. The maximum Gasteiger partial charge on any atom is 0.251 e. The molecule has 128 valence electrons. The Bertz CT molecular complexity index is 818.